The molecular weight excluding hydrogens is 514 g/mol. The molecule has 0 radical (unpaired) electrons. The highest BCUT2D eigenvalue weighted by Crippen LogP contribution is 2.33. The van der Waals surface area contributed by atoms with Gasteiger partial charge >= 0.3 is 0 Å². The highest BCUT2D eigenvalue weighted by molar-refractivity contribution is 4.87. The second-order valence-electron chi connectivity index (χ2n) is 11.1. The molecule has 0 spiro atoms. The minimum absolute atomic E-state index is 0.125. The first-order valence-electron chi connectivity index (χ1n) is 14.2. The summed E-state index contributed by atoms with van der Waals surface area (Å²) in [7, 11) is 0. The van der Waals surface area contributed by atoms with Gasteiger partial charge in [0.05, 0.1) is 42.7 Å². The lowest BCUT2D eigenvalue weighted by Crippen LogP contribution is -2.56. The van der Waals surface area contributed by atoms with Gasteiger partial charge in [0.25, 0.3) is 0 Å². The maximum Gasteiger partial charge on any atom is 0.184 e. The Morgan fingerprint density at radius 3 is 1.87 bits per heavy atom. The fourth-order valence-corrected chi connectivity index (χ4v) is 5.11. The molecule has 0 aliphatic carbocycles. The van der Waals surface area contributed by atoms with Crippen LogP contribution < -0.4 is 0 Å². The van der Waals surface area contributed by atoms with Gasteiger partial charge in [-0.25, -0.2) is 0 Å². The summed E-state index contributed by atoms with van der Waals surface area (Å²) in [6.45, 7) is 7.77. The molecule has 4 N–H and O–H groups in total. The summed E-state index contributed by atoms with van der Waals surface area (Å²) in [6.07, 6.45) is -3.82. The number of rotatable bonds is 13. The van der Waals surface area contributed by atoms with Crippen LogP contribution in [0.4, 0.5) is 0 Å². The Balaban J connectivity index is 1.61. The molecular formula is C26H47N3O10. The molecule has 226 valence electrons. The number of azide groups is 1. The summed E-state index contributed by atoms with van der Waals surface area (Å²) in [5.74, 6) is 0. The number of nitrogens with zero attached hydrogens (tertiary/aromatic N) is 3. The molecule has 13 heteroatoms. The zero-order valence-electron chi connectivity index (χ0n) is 23.4. The number of hydrogen-bond acceptors (Lipinski definition) is 11. The molecule has 13 atom stereocenters. The molecule has 3 aliphatic rings. The van der Waals surface area contributed by atoms with Crippen molar-refractivity contribution in [3.05, 3.63) is 10.4 Å². The topological polar surface area (TPSA) is 185 Å². The van der Waals surface area contributed by atoms with Gasteiger partial charge in [-0.15, -0.1) is 0 Å². The number of ether oxygens (including phenoxy) is 6. The van der Waals surface area contributed by atoms with Crippen LogP contribution in [0.5, 0.6) is 0 Å². The molecule has 3 rings (SSSR count). The molecule has 3 heterocycles. The number of unbranched alkanes of at least 4 members (excludes halogenated alkanes) is 3. The Bertz CT molecular complexity index is 774. The van der Waals surface area contributed by atoms with Crippen LogP contribution in [0, 0.1) is 0 Å². The first-order chi connectivity index (χ1) is 18.6. The zero-order chi connectivity index (χ0) is 28.5. The van der Waals surface area contributed by atoms with E-state index in [1.807, 2.05) is 13.8 Å². The molecule has 3 aliphatic heterocycles. The van der Waals surface area contributed by atoms with E-state index < -0.39 is 73.8 Å². The van der Waals surface area contributed by atoms with Crippen LogP contribution in [-0.4, -0.2) is 107 Å². The SMILES string of the molecule is C[C@H](CCCCCCN=[N+]=[N-])O[C@@H]1O[C@@H](C)[C@H](O[C@@H]2O[C@@H](C)[C@H](O)C[C@H]2O)C[C@H]1O[C@@H]1O[C@@H](C)[C@H](O)C[C@H]1O. The monoisotopic (exact) mass is 561 g/mol. The standard InChI is InChI=1S/C26H47N3O10/c1-14(9-7-5-6-8-10-28-29-27)34-26-23(39-25-21(33)12-19(31)16(3)36-25)13-22(17(4)37-26)38-24-20(32)11-18(30)15(2)35-24/h14-26,30-33H,5-13H2,1-4H3/t14-,15+,16+,17+,18-,19-,20-,21-,22-,23-,24+,25+,26-/m1/s1. The van der Waals surface area contributed by atoms with Crippen molar-refractivity contribution in [3.8, 4) is 0 Å². The van der Waals surface area contributed by atoms with Crippen LogP contribution in [0.2, 0.25) is 0 Å². The molecule has 3 fully saturated rings. The molecule has 0 unspecified atom stereocenters. The lowest BCUT2D eigenvalue weighted by Gasteiger charge is -2.45. The maximum absolute atomic E-state index is 10.5. The quantitative estimate of drug-likeness (QED) is 0.112. The van der Waals surface area contributed by atoms with E-state index in [0.29, 0.717) is 13.0 Å². The predicted octanol–water partition coefficient (Wildman–Crippen LogP) is 2.27. The highest BCUT2D eigenvalue weighted by atomic mass is 16.8. The van der Waals surface area contributed by atoms with Crippen LogP contribution in [0.3, 0.4) is 0 Å². The molecule has 0 aromatic heterocycles. The summed E-state index contributed by atoms with van der Waals surface area (Å²) in [6, 6.07) is 0. The zero-order valence-corrected chi connectivity index (χ0v) is 23.4. The summed E-state index contributed by atoms with van der Waals surface area (Å²) in [5, 5.41) is 44.5. The number of aliphatic hydroxyl groups is 4. The maximum atomic E-state index is 10.5. The fourth-order valence-electron chi connectivity index (χ4n) is 5.11. The Labute approximate surface area is 230 Å². The molecule has 39 heavy (non-hydrogen) atoms. The van der Waals surface area contributed by atoms with Gasteiger partial charge < -0.3 is 48.8 Å². The number of hydrogen-bond donors (Lipinski definition) is 4. The Morgan fingerprint density at radius 1 is 0.744 bits per heavy atom. The molecule has 0 saturated carbocycles. The highest BCUT2D eigenvalue weighted by Gasteiger charge is 2.45. The van der Waals surface area contributed by atoms with Crippen LogP contribution >= 0.6 is 0 Å². The Morgan fingerprint density at radius 2 is 1.28 bits per heavy atom. The fraction of sp³-hybridized carbons (Fsp3) is 1.00. The van der Waals surface area contributed by atoms with E-state index in [2.05, 4.69) is 10.0 Å². The lowest BCUT2D eigenvalue weighted by molar-refractivity contribution is -0.354. The average Bonchev–Trinajstić information content (AvgIpc) is 2.87. The number of aliphatic hydroxyl groups excluding tert-OH is 4. The lowest BCUT2D eigenvalue weighted by atomic mass is 10.0. The first-order valence-corrected chi connectivity index (χ1v) is 14.2. The van der Waals surface area contributed by atoms with Crippen molar-refractivity contribution >= 4 is 0 Å². The largest absolute Gasteiger partial charge is 0.390 e. The van der Waals surface area contributed by atoms with Crippen molar-refractivity contribution in [2.24, 2.45) is 5.11 Å². The van der Waals surface area contributed by atoms with Crippen LogP contribution in [0.25, 0.3) is 10.4 Å². The van der Waals surface area contributed by atoms with Crippen molar-refractivity contribution < 1.29 is 48.8 Å². The van der Waals surface area contributed by atoms with Crippen molar-refractivity contribution in [1.29, 1.82) is 0 Å². The normalized spacial score (nSPS) is 42.1. The minimum Gasteiger partial charge on any atom is -0.390 e. The summed E-state index contributed by atoms with van der Waals surface area (Å²) in [4.78, 5) is 2.77. The average molecular weight is 562 g/mol. The van der Waals surface area contributed by atoms with E-state index in [0.717, 1.165) is 32.1 Å². The van der Waals surface area contributed by atoms with Gasteiger partial charge in [0, 0.05) is 30.7 Å². The molecule has 0 amide bonds. The van der Waals surface area contributed by atoms with Gasteiger partial charge in [-0.2, -0.15) is 0 Å². The summed E-state index contributed by atoms with van der Waals surface area (Å²) >= 11 is 0. The van der Waals surface area contributed by atoms with E-state index in [-0.39, 0.29) is 18.9 Å². The first kappa shape index (κ1) is 32.4. The van der Waals surface area contributed by atoms with Crippen LogP contribution in [-0.2, 0) is 28.4 Å². The van der Waals surface area contributed by atoms with Gasteiger partial charge in [0.15, 0.2) is 18.9 Å². The second kappa shape index (κ2) is 15.8. The van der Waals surface area contributed by atoms with Gasteiger partial charge in [-0.1, -0.05) is 24.4 Å². The van der Waals surface area contributed by atoms with Gasteiger partial charge in [-0.05, 0) is 46.1 Å². The molecule has 0 aromatic rings. The second-order valence-corrected chi connectivity index (χ2v) is 11.1. The van der Waals surface area contributed by atoms with E-state index in [1.165, 1.54) is 0 Å². The van der Waals surface area contributed by atoms with Crippen molar-refractivity contribution in [2.45, 2.75) is 159 Å². The Hall–Kier alpha value is -1.09. The molecule has 13 nitrogen and oxygen atoms in total. The van der Waals surface area contributed by atoms with E-state index >= 15 is 0 Å². The van der Waals surface area contributed by atoms with Gasteiger partial charge in [0.1, 0.15) is 18.3 Å². The van der Waals surface area contributed by atoms with Crippen LogP contribution in [0.1, 0.15) is 79.1 Å². The van der Waals surface area contributed by atoms with Gasteiger partial charge in [0.2, 0.25) is 0 Å². The third kappa shape index (κ3) is 9.75. The third-order valence-corrected chi connectivity index (χ3v) is 7.68. The summed E-state index contributed by atoms with van der Waals surface area (Å²) in [5.41, 5.74) is 8.36. The van der Waals surface area contributed by atoms with Gasteiger partial charge in [-0.3, -0.25) is 0 Å². The van der Waals surface area contributed by atoms with E-state index in [4.69, 9.17) is 34.0 Å². The molecule has 0 aromatic carbocycles. The smallest absolute Gasteiger partial charge is 0.184 e. The van der Waals surface area contributed by atoms with E-state index in [9.17, 15) is 20.4 Å². The van der Waals surface area contributed by atoms with Crippen molar-refractivity contribution in [1.82, 2.24) is 0 Å². The van der Waals surface area contributed by atoms with Crippen molar-refractivity contribution in [2.75, 3.05) is 6.54 Å². The summed E-state index contributed by atoms with van der Waals surface area (Å²) < 4.78 is 36.2. The van der Waals surface area contributed by atoms with Crippen LogP contribution in [0.15, 0.2) is 5.11 Å². The third-order valence-electron chi connectivity index (χ3n) is 7.68. The van der Waals surface area contributed by atoms with E-state index in [1.54, 1.807) is 13.8 Å². The molecule has 0 bridgehead atoms. The molecule has 3 saturated heterocycles. The van der Waals surface area contributed by atoms with Crippen molar-refractivity contribution in [3.63, 3.8) is 0 Å². The predicted molar refractivity (Wildman–Crippen MR) is 138 cm³/mol. The Kier molecular flexibility index (Phi) is 13.1. The minimum atomic E-state index is -1.02.